The fourth-order valence-electron chi connectivity index (χ4n) is 1.58. The number of aliphatic hydroxyl groups is 1. The summed E-state index contributed by atoms with van der Waals surface area (Å²) >= 11 is 0. The van der Waals surface area contributed by atoms with Gasteiger partial charge < -0.3 is 9.67 Å². The van der Waals surface area contributed by atoms with Gasteiger partial charge in [-0.1, -0.05) is 0 Å². The van der Waals surface area contributed by atoms with Crippen LogP contribution in [0.1, 0.15) is 19.5 Å². The first kappa shape index (κ1) is 13.1. The third-order valence-electron chi connectivity index (χ3n) is 1.99. The Balaban J connectivity index is 2.80. The average molecular weight is 247 g/mol. The predicted molar refractivity (Wildman–Crippen MR) is 60.2 cm³/mol. The molecule has 0 atom stereocenters. The molecule has 0 aromatic carbocycles. The second-order valence-electron chi connectivity index (χ2n) is 4.43. The number of aliphatic hydroxyl groups excluding tert-OH is 1. The summed E-state index contributed by atoms with van der Waals surface area (Å²) in [5.41, 5.74) is 0.0291. The highest BCUT2D eigenvalue weighted by atomic mass is 32.2. The van der Waals surface area contributed by atoms with Crippen LogP contribution in [0.25, 0.3) is 0 Å². The Kier molecular flexibility index (Phi) is 3.72. The lowest BCUT2D eigenvalue weighted by Crippen LogP contribution is -2.46. The summed E-state index contributed by atoms with van der Waals surface area (Å²) < 4.78 is 26.5. The summed E-state index contributed by atoms with van der Waals surface area (Å²) in [5, 5.41) is 9.04. The summed E-state index contributed by atoms with van der Waals surface area (Å²) in [6.45, 7) is 3.84. The van der Waals surface area contributed by atoms with E-state index in [1.165, 1.54) is 0 Å². The number of imidazole rings is 1. The van der Waals surface area contributed by atoms with Gasteiger partial charge in [-0.05, 0) is 13.8 Å². The largest absolute Gasteiger partial charge is 0.390 e. The maximum atomic E-state index is 11.1. The normalized spacial score (nSPS) is 13.0. The Morgan fingerprint density at radius 3 is 2.69 bits per heavy atom. The second kappa shape index (κ2) is 4.52. The quantitative estimate of drug-likeness (QED) is 0.748. The van der Waals surface area contributed by atoms with E-state index in [9.17, 15) is 8.42 Å². The predicted octanol–water partition coefficient (Wildman–Crippen LogP) is -0.297. The van der Waals surface area contributed by atoms with E-state index >= 15 is 0 Å². The van der Waals surface area contributed by atoms with Gasteiger partial charge >= 0.3 is 0 Å². The molecule has 0 amide bonds. The molecule has 0 aliphatic rings. The first-order valence-electron chi connectivity index (χ1n) is 4.82. The lowest BCUT2D eigenvalue weighted by molar-refractivity contribution is 0.265. The second-order valence-corrected chi connectivity index (χ2v) is 6.18. The summed E-state index contributed by atoms with van der Waals surface area (Å²) in [4.78, 5) is 3.90. The number of aromatic nitrogens is 2. The monoisotopic (exact) mass is 247 g/mol. The first-order valence-corrected chi connectivity index (χ1v) is 6.71. The lowest BCUT2D eigenvalue weighted by Gasteiger charge is -2.26. The molecule has 2 N–H and O–H groups in total. The van der Waals surface area contributed by atoms with Crippen LogP contribution in [0.5, 0.6) is 0 Å². The zero-order valence-corrected chi connectivity index (χ0v) is 10.5. The van der Waals surface area contributed by atoms with Crippen LogP contribution < -0.4 is 4.72 Å². The summed E-state index contributed by atoms with van der Waals surface area (Å²) in [7, 11) is -3.25. The lowest BCUT2D eigenvalue weighted by atomic mass is 10.1. The molecule has 0 saturated carbocycles. The van der Waals surface area contributed by atoms with E-state index in [0.29, 0.717) is 12.2 Å². The van der Waals surface area contributed by atoms with E-state index < -0.39 is 15.6 Å². The molecule has 92 valence electrons. The molecule has 0 fully saturated rings. The van der Waals surface area contributed by atoms with Crippen molar-refractivity contribution in [2.24, 2.45) is 0 Å². The number of nitrogens with one attached hydrogen (secondary N) is 1. The Hall–Kier alpha value is -0.920. The van der Waals surface area contributed by atoms with E-state index in [4.69, 9.17) is 5.11 Å². The van der Waals surface area contributed by atoms with Gasteiger partial charge in [-0.3, -0.25) is 0 Å². The van der Waals surface area contributed by atoms with Crippen LogP contribution in [0.15, 0.2) is 12.5 Å². The van der Waals surface area contributed by atoms with Crippen LogP contribution in [-0.4, -0.2) is 34.9 Å². The van der Waals surface area contributed by atoms with Crippen molar-refractivity contribution in [1.82, 2.24) is 14.3 Å². The van der Waals surface area contributed by atoms with Gasteiger partial charge in [-0.25, -0.2) is 18.1 Å². The standard InChI is InChI=1S/C9H17N3O3S/c1-9(2,11-16(3,14)15)6-12-7-10-4-8(12)5-13/h4,7,11,13H,5-6H2,1-3H3. The number of rotatable bonds is 5. The van der Waals surface area contributed by atoms with Crippen molar-refractivity contribution in [1.29, 1.82) is 0 Å². The van der Waals surface area contributed by atoms with E-state index in [1.54, 1.807) is 30.9 Å². The zero-order chi connectivity index (χ0) is 12.4. The molecule has 16 heavy (non-hydrogen) atoms. The molecular formula is C9H17N3O3S. The maximum absolute atomic E-state index is 11.1. The highest BCUT2D eigenvalue weighted by Gasteiger charge is 2.23. The van der Waals surface area contributed by atoms with Crippen molar-refractivity contribution < 1.29 is 13.5 Å². The topological polar surface area (TPSA) is 84.2 Å². The molecule has 1 aromatic heterocycles. The van der Waals surface area contributed by atoms with Gasteiger partial charge in [0.05, 0.1) is 31.1 Å². The zero-order valence-electron chi connectivity index (χ0n) is 9.64. The van der Waals surface area contributed by atoms with Gasteiger partial charge in [0.15, 0.2) is 0 Å². The Morgan fingerprint density at radius 2 is 2.19 bits per heavy atom. The van der Waals surface area contributed by atoms with Crippen molar-refractivity contribution in [3.05, 3.63) is 18.2 Å². The fourth-order valence-corrected chi connectivity index (χ4v) is 2.65. The number of sulfonamides is 1. The van der Waals surface area contributed by atoms with Crippen molar-refractivity contribution in [3.63, 3.8) is 0 Å². The fraction of sp³-hybridized carbons (Fsp3) is 0.667. The van der Waals surface area contributed by atoms with Crippen molar-refractivity contribution in [2.75, 3.05) is 6.26 Å². The Morgan fingerprint density at radius 1 is 1.56 bits per heavy atom. The van der Waals surface area contributed by atoms with Crippen LogP contribution in [0.4, 0.5) is 0 Å². The van der Waals surface area contributed by atoms with Crippen LogP contribution in [0.3, 0.4) is 0 Å². The van der Waals surface area contributed by atoms with E-state index in [1.807, 2.05) is 0 Å². The van der Waals surface area contributed by atoms with Crippen LogP contribution in [0.2, 0.25) is 0 Å². The molecular weight excluding hydrogens is 230 g/mol. The van der Waals surface area contributed by atoms with E-state index in [0.717, 1.165) is 6.26 Å². The molecule has 0 bridgehead atoms. The van der Waals surface area contributed by atoms with Gasteiger partial charge in [0, 0.05) is 12.1 Å². The smallest absolute Gasteiger partial charge is 0.209 e. The first-order chi connectivity index (χ1) is 7.23. The highest BCUT2D eigenvalue weighted by molar-refractivity contribution is 7.88. The molecule has 0 spiro atoms. The van der Waals surface area contributed by atoms with Gasteiger partial charge in [0.2, 0.25) is 10.0 Å². The third kappa shape index (κ3) is 3.92. The molecule has 0 unspecified atom stereocenters. The minimum Gasteiger partial charge on any atom is -0.390 e. The van der Waals surface area contributed by atoms with Gasteiger partial charge in [-0.15, -0.1) is 0 Å². The molecule has 1 heterocycles. The van der Waals surface area contributed by atoms with Gasteiger partial charge in [0.1, 0.15) is 0 Å². The summed E-state index contributed by atoms with van der Waals surface area (Å²) in [6.07, 6.45) is 4.24. The molecule has 0 radical (unpaired) electrons. The minimum absolute atomic E-state index is 0.116. The van der Waals surface area contributed by atoms with Crippen molar-refractivity contribution >= 4 is 10.0 Å². The van der Waals surface area contributed by atoms with Gasteiger partial charge in [-0.2, -0.15) is 0 Å². The maximum Gasteiger partial charge on any atom is 0.209 e. The molecule has 1 rings (SSSR count). The van der Waals surface area contributed by atoms with Crippen LogP contribution in [0, 0.1) is 0 Å². The molecule has 0 aliphatic heterocycles. The molecule has 6 nitrogen and oxygen atoms in total. The summed E-state index contributed by atoms with van der Waals surface area (Å²) in [5.74, 6) is 0. The number of hydrogen-bond donors (Lipinski definition) is 2. The van der Waals surface area contributed by atoms with Gasteiger partial charge in [0.25, 0.3) is 0 Å². The van der Waals surface area contributed by atoms with E-state index in [-0.39, 0.29) is 6.61 Å². The van der Waals surface area contributed by atoms with E-state index in [2.05, 4.69) is 9.71 Å². The molecule has 0 aliphatic carbocycles. The molecule has 7 heteroatoms. The molecule has 0 saturated heterocycles. The minimum atomic E-state index is -3.25. The van der Waals surface area contributed by atoms with Crippen molar-refractivity contribution in [2.45, 2.75) is 32.5 Å². The average Bonchev–Trinajstić information content (AvgIpc) is 2.45. The number of nitrogens with zero attached hydrogens (tertiary/aromatic N) is 2. The Labute approximate surface area is 95.4 Å². The number of hydrogen-bond acceptors (Lipinski definition) is 4. The third-order valence-corrected chi connectivity index (χ3v) is 2.91. The highest BCUT2D eigenvalue weighted by Crippen LogP contribution is 2.10. The molecule has 1 aromatic rings. The SMILES string of the molecule is CC(C)(Cn1cncc1CO)NS(C)(=O)=O. The Bertz CT molecular complexity index is 450. The summed E-state index contributed by atoms with van der Waals surface area (Å²) in [6, 6.07) is 0. The van der Waals surface area contributed by atoms with Crippen LogP contribution in [-0.2, 0) is 23.2 Å². The van der Waals surface area contributed by atoms with Crippen molar-refractivity contribution in [3.8, 4) is 0 Å². The van der Waals surface area contributed by atoms with Crippen LogP contribution >= 0.6 is 0 Å².